The second-order valence-corrected chi connectivity index (χ2v) is 6.77. The van der Waals surface area contributed by atoms with Crippen LogP contribution >= 0.6 is 11.3 Å². The molecule has 2 aliphatic rings. The first-order chi connectivity index (χ1) is 9.20. The molecular weight excluding hydrogens is 258 g/mol. The SMILES string of the molecule is CCC12CC1CN(C(=O)Cc1cn3ccsc3n1)C2. The Labute approximate surface area is 116 Å². The Bertz CT molecular complexity index is 613. The molecule has 5 heteroatoms. The molecular formula is C14H17N3OS. The predicted molar refractivity (Wildman–Crippen MR) is 74.2 cm³/mol. The molecule has 4 rings (SSSR count). The fourth-order valence-corrected chi connectivity index (χ4v) is 4.18. The van der Waals surface area contributed by atoms with Crippen LogP contribution < -0.4 is 0 Å². The van der Waals surface area contributed by atoms with Crippen LogP contribution in [0.4, 0.5) is 0 Å². The number of amides is 1. The van der Waals surface area contributed by atoms with Crippen LogP contribution in [0.15, 0.2) is 17.8 Å². The molecule has 1 aliphatic carbocycles. The highest BCUT2D eigenvalue weighted by atomic mass is 32.1. The summed E-state index contributed by atoms with van der Waals surface area (Å²) in [6.45, 7) is 4.18. The maximum Gasteiger partial charge on any atom is 0.228 e. The smallest absolute Gasteiger partial charge is 0.228 e. The maximum absolute atomic E-state index is 12.3. The average molecular weight is 275 g/mol. The van der Waals surface area contributed by atoms with Crippen molar-refractivity contribution in [3.8, 4) is 0 Å². The molecule has 4 nitrogen and oxygen atoms in total. The molecule has 1 saturated carbocycles. The number of imidazole rings is 1. The molecule has 2 fully saturated rings. The normalized spacial score (nSPS) is 28.9. The van der Waals surface area contributed by atoms with Gasteiger partial charge >= 0.3 is 0 Å². The Kier molecular flexibility index (Phi) is 2.31. The third kappa shape index (κ3) is 1.71. The minimum atomic E-state index is 0.241. The summed E-state index contributed by atoms with van der Waals surface area (Å²) in [6, 6.07) is 0. The fraction of sp³-hybridized carbons (Fsp3) is 0.571. The Morgan fingerprint density at radius 3 is 3.26 bits per heavy atom. The van der Waals surface area contributed by atoms with Gasteiger partial charge in [0.25, 0.3) is 0 Å². The lowest BCUT2D eigenvalue weighted by Gasteiger charge is -2.20. The van der Waals surface area contributed by atoms with Gasteiger partial charge in [-0.25, -0.2) is 4.98 Å². The van der Waals surface area contributed by atoms with E-state index in [1.54, 1.807) is 11.3 Å². The van der Waals surface area contributed by atoms with Crippen molar-refractivity contribution in [2.75, 3.05) is 13.1 Å². The number of aromatic nitrogens is 2. The Balaban J connectivity index is 1.46. The van der Waals surface area contributed by atoms with Crippen molar-refractivity contribution in [2.24, 2.45) is 11.3 Å². The monoisotopic (exact) mass is 275 g/mol. The van der Waals surface area contributed by atoms with Crippen LogP contribution in [0.5, 0.6) is 0 Å². The van der Waals surface area contributed by atoms with Crippen LogP contribution in [0.1, 0.15) is 25.5 Å². The molecule has 3 heterocycles. The lowest BCUT2D eigenvalue weighted by atomic mass is 10.0. The molecule has 19 heavy (non-hydrogen) atoms. The van der Waals surface area contributed by atoms with Crippen molar-refractivity contribution in [1.82, 2.24) is 14.3 Å². The van der Waals surface area contributed by atoms with Gasteiger partial charge in [-0.3, -0.25) is 9.20 Å². The van der Waals surface area contributed by atoms with Crippen molar-refractivity contribution in [3.05, 3.63) is 23.5 Å². The van der Waals surface area contributed by atoms with E-state index in [1.807, 2.05) is 27.1 Å². The molecule has 2 unspecified atom stereocenters. The number of likely N-dealkylation sites (tertiary alicyclic amines) is 1. The van der Waals surface area contributed by atoms with Crippen LogP contribution in [-0.2, 0) is 11.2 Å². The first kappa shape index (κ1) is 11.5. The van der Waals surface area contributed by atoms with Gasteiger partial charge in [0.15, 0.2) is 4.96 Å². The number of carbonyl (C=O) groups excluding carboxylic acids is 1. The Morgan fingerprint density at radius 2 is 2.53 bits per heavy atom. The summed E-state index contributed by atoms with van der Waals surface area (Å²) < 4.78 is 1.99. The fourth-order valence-electron chi connectivity index (χ4n) is 3.46. The summed E-state index contributed by atoms with van der Waals surface area (Å²) >= 11 is 1.60. The summed E-state index contributed by atoms with van der Waals surface area (Å²) in [5, 5.41) is 2.01. The molecule has 2 aromatic heterocycles. The van der Waals surface area contributed by atoms with Crippen LogP contribution in [0, 0.1) is 11.3 Å². The lowest BCUT2D eigenvalue weighted by Crippen LogP contribution is -2.33. The molecule has 2 aromatic rings. The molecule has 1 aliphatic heterocycles. The molecule has 0 radical (unpaired) electrons. The molecule has 1 amide bonds. The van der Waals surface area contributed by atoms with Gasteiger partial charge in [-0.2, -0.15) is 0 Å². The Hall–Kier alpha value is -1.36. The molecule has 0 bridgehead atoms. The summed E-state index contributed by atoms with van der Waals surface area (Å²) in [5.41, 5.74) is 1.37. The molecule has 100 valence electrons. The van der Waals surface area contributed by atoms with Crippen molar-refractivity contribution >= 4 is 22.2 Å². The first-order valence-corrected chi connectivity index (χ1v) is 7.77. The highest BCUT2D eigenvalue weighted by molar-refractivity contribution is 7.15. The third-order valence-corrected chi connectivity index (χ3v) is 5.61. The van der Waals surface area contributed by atoms with Crippen molar-refractivity contribution in [1.29, 1.82) is 0 Å². The van der Waals surface area contributed by atoms with Crippen molar-refractivity contribution in [2.45, 2.75) is 26.2 Å². The number of fused-ring (bicyclic) bond motifs is 2. The van der Waals surface area contributed by atoms with Gasteiger partial charge in [-0.15, -0.1) is 11.3 Å². The van der Waals surface area contributed by atoms with E-state index in [0.717, 1.165) is 29.7 Å². The van der Waals surface area contributed by atoms with Gasteiger partial charge in [0.2, 0.25) is 5.91 Å². The highest BCUT2D eigenvalue weighted by Gasteiger charge is 2.59. The summed E-state index contributed by atoms with van der Waals surface area (Å²) in [6.07, 6.45) is 6.93. The van der Waals surface area contributed by atoms with Crippen molar-refractivity contribution < 1.29 is 4.79 Å². The second kappa shape index (κ2) is 3.82. The molecule has 1 saturated heterocycles. The largest absolute Gasteiger partial charge is 0.341 e. The number of thiazole rings is 1. The number of piperidine rings is 1. The highest BCUT2D eigenvalue weighted by Crippen LogP contribution is 2.59. The van der Waals surface area contributed by atoms with E-state index in [4.69, 9.17) is 0 Å². The van der Waals surface area contributed by atoms with Gasteiger partial charge in [-0.1, -0.05) is 6.92 Å². The van der Waals surface area contributed by atoms with Gasteiger partial charge < -0.3 is 4.90 Å². The minimum Gasteiger partial charge on any atom is -0.341 e. The molecule has 0 aromatic carbocycles. The Morgan fingerprint density at radius 1 is 1.63 bits per heavy atom. The summed E-state index contributed by atoms with van der Waals surface area (Å²) in [4.78, 5) is 19.8. The molecule has 2 atom stereocenters. The van der Waals surface area contributed by atoms with Gasteiger partial charge in [-0.05, 0) is 24.2 Å². The lowest BCUT2D eigenvalue weighted by molar-refractivity contribution is -0.130. The van der Waals surface area contributed by atoms with E-state index in [9.17, 15) is 4.79 Å². The standard InChI is InChI=1S/C14H17N3OS/c1-2-14-6-10(14)7-17(9-14)12(18)5-11-8-16-3-4-19-13(16)15-11/h3-4,8,10H,2,5-7,9H2,1H3. The average Bonchev–Trinajstić information content (AvgIpc) is 2.77. The zero-order valence-corrected chi connectivity index (χ0v) is 11.8. The van der Waals surface area contributed by atoms with E-state index in [-0.39, 0.29) is 5.91 Å². The zero-order valence-electron chi connectivity index (χ0n) is 11.0. The topological polar surface area (TPSA) is 37.6 Å². The zero-order chi connectivity index (χ0) is 13.0. The third-order valence-electron chi connectivity index (χ3n) is 4.84. The van der Waals surface area contributed by atoms with E-state index in [1.165, 1.54) is 12.8 Å². The maximum atomic E-state index is 12.3. The molecule has 0 N–H and O–H groups in total. The number of hydrogen-bond acceptors (Lipinski definition) is 3. The van der Waals surface area contributed by atoms with E-state index in [0.29, 0.717) is 11.8 Å². The van der Waals surface area contributed by atoms with Crippen LogP contribution in [-0.4, -0.2) is 33.3 Å². The molecule has 0 spiro atoms. The number of hydrogen-bond donors (Lipinski definition) is 0. The van der Waals surface area contributed by atoms with Gasteiger partial charge in [0, 0.05) is 30.9 Å². The quantitative estimate of drug-likeness (QED) is 0.861. The van der Waals surface area contributed by atoms with E-state index < -0.39 is 0 Å². The van der Waals surface area contributed by atoms with Gasteiger partial charge in [0.1, 0.15) is 0 Å². The van der Waals surface area contributed by atoms with Gasteiger partial charge in [0.05, 0.1) is 12.1 Å². The summed E-state index contributed by atoms with van der Waals surface area (Å²) in [5.74, 6) is 1.01. The number of nitrogens with zero attached hydrogens (tertiary/aromatic N) is 3. The van der Waals surface area contributed by atoms with E-state index in [2.05, 4.69) is 11.9 Å². The second-order valence-electron chi connectivity index (χ2n) is 5.89. The van der Waals surface area contributed by atoms with Crippen LogP contribution in [0.25, 0.3) is 4.96 Å². The predicted octanol–water partition coefficient (Wildman–Crippen LogP) is 2.20. The number of rotatable bonds is 3. The number of carbonyl (C=O) groups is 1. The minimum absolute atomic E-state index is 0.241. The first-order valence-electron chi connectivity index (χ1n) is 6.89. The van der Waals surface area contributed by atoms with E-state index >= 15 is 0 Å². The van der Waals surface area contributed by atoms with Crippen LogP contribution in [0.3, 0.4) is 0 Å². The van der Waals surface area contributed by atoms with Crippen molar-refractivity contribution in [3.63, 3.8) is 0 Å². The van der Waals surface area contributed by atoms with Crippen LogP contribution in [0.2, 0.25) is 0 Å². The summed E-state index contributed by atoms with van der Waals surface area (Å²) in [7, 11) is 0.